The summed E-state index contributed by atoms with van der Waals surface area (Å²) in [5.41, 5.74) is 7.44. The molecule has 26 heavy (non-hydrogen) atoms. The molecule has 2 aromatic rings. The Balaban J connectivity index is 2.21. The average molecular weight is 359 g/mol. The first-order valence-corrected chi connectivity index (χ1v) is 8.57. The van der Waals surface area contributed by atoms with Gasteiger partial charge in [0.25, 0.3) is 0 Å². The lowest BCUT2D eigenvalue weighted by molar-refractivity contribution is 0.260. The maximum Gasteiger partial charge on any atom is 0.323 e. The van der Waals surface area contributed by atoms with Gasteiger partial charge in [-0.2, -0.15) is 0 Å². The minimum Gasteiger partial charge on any atom is -0.490 e. The van der Waals surface area contributed by atoms with Gasteiger partial charge in [-0.1, -0.05) is 0 Å². The highest BCUT2D eigenvalue weighted by molar-refractivity contribution is 6.00. The molecule has 4 N–H and O–H groups in total. The zero-order valence-corrected chi connectivity index (χ0v) is 15.3. The first-order chi connectivity index (χ1) is 12.6. The first kappa shape index (κ1) is 19.2. The van der Waals surface area contributed by atoms with Gasteiger partial charge in [0.1, 0.15) is 0 Å². The van der Waals surface area contributed by atoms with E-state index in [0.717, 1.165) is 0 Å². The molecule has 0 unspecified atom stereocenters. The number of ether oxygens (including phenoxy) is 3. The third kappa shape index (κ3) is 5.20. The number of amides is 2. The largest absolute Gasteiger partial charge is 0.490 e. The number of urea groups is 1. The summed E-state index contributed by atoms with van der Waals surface area (Å²) in [6.07, 6.45) is 0. The van der Waals surface area contributed by atoms with E-state index in [9.17, 15) is 4.79 Å². The molecule has 7 nitrogen and oxygen atoms in total. The molecule has 0 spiro atoms. The lowest BCUT2D eigenvalue weighted by atomic mass is 10.2. The Labute approximate surface area is 153 Å². The van der Waals surface area contributed by atoms with Crippen molar-refractivity contribution in [1.29, 1.82) is 0 Å². The molecule has 0 saturated heterocycles. The first-order valence-electron chi connectivity index (χ1n) is 8.57. The topological polar surface area (TPSA) is 94.8 Å². The number of carbonyl (C=O) groups is 1. The number of anilines is 3. The number of rotatable bonds is 8. The van der Waals surface area contributed by atoms with Crippen LogP contribution in [-0.2, 0) is 0 Å². The van der Waals surface area contributed by atoms with Gasteiger partial charge < -0.3 is 30.6 Å². The number of hydrogen-bond donors (Lipinski definition) is 3. The van der Waals surface area contributed by atoms with Gasteiger partial charge in [-0.3, -0.25) is 0 Å². The summed E-state index contributed by atoms with van der Waals surface area (Å²) < 4.78 is 16.9. The van der Waals surface area contributed by atoms with E-state index in [-0.39, 0.29) is 6.03 Å². The highest BCUT2D eigenvalue weighted by Gasteiger charge is 2.16. The number of carbonyl (C=O) groups excluding carboxylic acids is 1. The van der Waals surface area contributed by atoms with Gasteiger partial charge in [0, 0.05) is 23.5 Å². The highest BCUT2D eigenvalue weighted by atomic mass is 16.5. The molecule has 0 aliphatic rings. The zero-order chi connectivity index (χ0) is 18.9. The summed E-state index contributed by atoms with van der Waals surface area (Å²) in [5, 5.41) is 5.52. The minimum atomic E-state index is -0.385. The van der Waals surface area contributed by atoms with Crippen LogP contribution < -0.4 is 30.6 Å². The fourth-order valence-electron chi connectivity index (χ4n) is 2.32. The van der Waals surface area contributed by atoms with Crippen molar-refractivity contribution in [1.82, 2.24) is 0 Å². The summed E-state index contributed by atoms with van der Waals surface area (Å²) in [6.45, 7) is 7.05. The second-order valence-corrected chi connectivity index (χ2v) is 5.30. The summed E-state index contributed by atoms with van der Waals surface area (Å²) in [5.74, 6) is 1.56. The van der Waals surface area contributed by atoms with Crippen LogP contribution in [0.25, 0.3) is 0 Å². The van der Waals surface area contributed by atoms with Crippen LogP contribution >= 0.6 is 0 Å². The van der Waals surface area contributed by atoms with Crippen molar-refractivity contribution in [2.24, 2.45) is 0 Å². The van der Waals surface area contributed by atoms with E-state index < -0.39 is 0 Å². The third-order valence-corrected chi connectivity index (χ3v) is 3.34. The number of hydrogen-bond acceptors (Lipinski definition) is 5. The highest BCUT2D eigenvalue weighted by Crippen LogP contribution is 2.40. The normalized spacial score (nSPS) is 10.1. The molecule has 0 bridgehead atoms. The molecule has 0 fully saturated rings. The van der Waals surface area contributed by atoms with Crippen LogP contribution in [0.2, 0.25) is 0 Å². The molecule has 2 rings (SSSR count). The molecule has 0 heterocycles. The Morgan fingerprint density at radius 2 is 1.35 bits per heavy atom. The Hall–Kier alpha value is -3.09. The van der Waals surface area contributed by atoms with E-state index in [4.69, 9.17) is 19.9 Å². The third-order valence-electron chi connectivity index (χ3n) is 3.34. The second kappa shape index (κ2) is 9.41. The zero-order valence-electron chi connectivity index (χ0n) is 15.3. The smallest absolute Gasteiger partial charge is 0.323 e. The molecule has 140 valence electrons. The van der Waals surface area contributed by atoms with E-state index in [1.165, 1.54) is 0 Å². The van der Waals surface area contributed by atoms with Crippen molar-refractivity contribution in [3.05, 3.63) is 36.4 Å². The van der Waals surface area contributed by atoms with Gasteiger partial charge in [-0.15, -0.1) is 0 Å². The van der Waals surface area contributed by atoms with Gasteiger partial charge in [-0.05, 0) is 45.0 Å². The molecule has 0 aliphatic carbocycles. The fourth-order valence-corrected chi connectivity index (χ4v) is 2.32. The minimum absolute atomic E-state index is 0.385. The molecule has 0 saturated carbocycles. The molecule has 7 heteroatoms. The van der Waals surface area contributed by atoms with E-state index in [2.05, 4.69) is 10.6 Å². The van der Waals surface area contributed by atoms with Gasteiger partial charge in [0.05, 0.1) is 25.5 Å². The maximum atomic E-state index is 12.2. The molecule has 0 aliphatic heterocycles. The summed E-state index contributed by atoms with van der Waals surface area (Å²) in [7, 11) is 0. The molecule has 2 aromatic carbocycles. The number of nitrogens with two attached hydrogens (primary N) is 1. The molecule has 0 radical (unpaired) electrons. The van der Waals surface area contributed by atoms with Crippen molar-refractivity contribution < 1.29 is 19.0 Å². The van der Waals surface area contributed by atoms with Gasteiger partial charge in [0.15, 0.2) is 11.5 Å². The van der Waals surface area contributed by atoms with Gasteiger partial charge >= 0.3 is 6.03 Å². The fraction of sp³-hybridized carbons (Fsp3) is 0.316. The lowest BCUT2D eigenvalue weighted by Gasteiger charge is -2.17. The standard InChI is InChI=1S/C19H25N3O4/c1-4-24-16-11-15(12-17(25-5-2)18(16)26-6-3)22-19(23)21-14-9-7-13(20)8-10-14/h7-12H,4-6,20H2,1-3H3,(H2,21,22,23). The van der Waals surface area contributed by atoms with Crippen LogP contribution in [0.15, 0.2) is 36.4 Å². The number of nitrogens with one attached hydrogen (secondary N) is 2. The lowest BCUT2D eigenvalue weighted by Crippen LogP contribution is -2.19. The molecular weight excluding hydrogens is 334 g/mol. The Morgan fingerprint density at radius 3 is 1.85 bits per heavy atom. The summed E-state index contributed by atoms with van der Waals surface area (Å²) in [6, 6.07) is 9.91. The van der Waals surface area contributed by atoms with E-state index in [0.29, 0.717) is 54.1 Å². The summed E-state index contributed by atoms with van der Waals surface area (Å²) in [4.78, 5) is 12.2. The van der Waals surface area contributed by atoms with Crippen LogP contribution in [0.1, 0.15) is 20.8 Å². The van der Waals surface area contributed by atoms with Gasteiger partial charge in [-0.25, -0.2) is 4.79 Å². The monoisotopic (exact) mass is 359 g/mol. The van der Waals surface area contributed by atoms with Crippen molar-refractivity contribution in [3.63, 3.8) is 0 Å². The van der Waals surface area contributed by atoms with Crippen LogP contribution in [0, 0.1) is 0 Å². The quantitative estimate of drug-likeness (QED) is 0.617. The van der Waals surface area contributed by atoms with Crippen molar-refractivity contribution >= 4 is 23.1 Å². The van der Waals surface area contributed by atoms with E-state index in [1.807, 2.05) is 20.8 Å². The summed E-state index contributed by atoms with van der Waals surface area (Å²) >= 11 is 0. The molecule has 0 aromatic heterocycles. The predicted octanol–water partition coefficient (Wildman–Crippen LogP) is 4.11. The second-order valence-electron chi connectivity index (χ2n) is 5.30. The molecule has 0 atom stereocenters. The Bertz CT molecular complexity index is 705. The SMILES string of the molecule is CCOc1cc(NC(=O)Nc2ccc(N)cc2)cc(OCC)c1OCC. The van der Waals surface area contributed by atoms with Crippen LogP contribution in [-0.4, -0.2) is 25.9 Å². The maximum absolute atomic E-state index is 12.2. The number of nitrogen functional groups attached to an aromatic ring is 1. The Kier molecular flexibility index (Phi) is 6.96. The van der Waals surface area contributed by atoms with E-state index >= 15 is 0 Å². The van der Waals surface area contributed by atoms with E-state index in [1.54, 1.807) is 36.4 Å². The van der Waals surface area contributed by atoms with Crippen LogP contribution in [0.3, 0.4) is 0 Å². The van der Waals surface area contributed by atoms with Crippen molar-refractivity contribution in [3.8, 4) is 17.2 Å². The number of benzene rings is 2. The van der Waals surface area contributed by atoms with Crippen molar-refractivity contribution in [2.75, 3.05) is 36.2 Å². The average Bonchev–Trinajstić information content (AvgIpc) is 2.60. The molecular formula is C19H25N3O4. The molecule has 2 amide bonds. The van der Waals surface area contributed by atoms with Crippen molar-refractivity contribution in [2.45, 2.75) is 20.8 Å². The Morgan fingerprint density at radius 1 is 0.846 bits per heavy atom. The van der Waals surface area contributed by atoms with Crippen LogP contribution in [0.4, 0.5) is 21.9 Å². The van der Waals surface area contributed by atoms with Gasteiger partial charge in [0.2, 0.25) is 5.75 Å². The predicted molar refractivity (Wildman–Crippen MR) is 103 cm³/mol. The van der Waals surface area contributed by atoms with Crippen LogP contribution in [0.5, 0.6) is 17.2 Å².